The number of morpholine rings is 1. The van der Waals surface area contributed by atoms with E-state index in [4.69, 9.17) is 4.74 Å². The van der Waals surface area contributed by atoms with Crippen LogP contribution in [0.25, 0.3) is 0 Å². The van der Waals surface area contributed by atoms with Crippen LogP contribution in [0.2, 0.25) is 0 Å². The molecule has 1 heterocycles. The Bertz CT molecular complexity index is 479. The molecule has 1 aliphatic rings. The van der Waals surface area contributed by atoms with Crippen LogP contribution < -0.4 is 5.32 Å². The lowest BCUT2D eigenvalue weighted by atomic mass is 10.1. The van der Waals surface area contributed by atoms with Crippen LogP contribution in [0.15, 0.2) is 18.2 Å². The topological polar surface area (TPSA) is 67.6 Å². The average Bonchev–Trinajstić information content (AvgIpc) is 2.48. The molecule has 1 saturated heterocycles. The highest BCUT2D eigenvalue weighted by molar-refractivity contribution is 5.40. The van der Waals surface area contributed by atoms with Crippen LogP contribution >= 0.6 is 0 Å². The molecule has 0 radical (unpaired) electrons. The lowest BCUT2D eigenvalue weighted by Gasteiger charge is -2.26. The van der Waals surface area contributed by atoms with E-state index in [0.717, 1.165) is 51.9 Å². The van der Waals surface area contributed by atoms with E-state index < -0.39 is 10.7 Å². The van der Waals surface area contributed by atoms with E-state index >= 15 is 0 Å². The third-order valence-corrected chi connectivity index (χ3v) is 3.49. The van der Waals surface area contributed by atoms with Gasteiger partial charge in [-0.1, -0.05) is 0 Å². The predicted molar refractivity (Wildman–Crippen MR) is 76.6 cm³/mol. The quantitative estimate of drug-likeness (QED) is 0.470. The summed E-state index contributed by atoms with van der Waals surface area (Å²) in [6.45, 7) is 5.49. The van der Waals surface area contributed by atoms with Gasteiger partial charge in [0, 0.05) is 31.3 Å². The first-order valence-corrected chi connectivity index (χ1v) is 7.10. The van der Waals surface area contributed by atoms with Gasteiger partial charge in [-0.2, -0.15) is 0 Å². The number of benzene rings is 1. The molecule has 1 aliphatic heterocycles. The molecule has 1 N–H and O–H groups in total. The summed E-state index contributed by atoms with van der Waals surface area (Å²) in [6.07, 6.45) is 0.948. The van der Waals surface area contributed by atoms with E-state index in [1.54, 1.807) is 0 Å². The van der Waals surface area contributed by atoms with Gasteiger partial charge in [0.2, 0.25) is 0 Å². The summed E-state index contributed by atoms with van der Waals surface area (Å²) in [5.41, 5.74) is 0.337. The fourth-order valence-electron chi connectivity index (χ4n) is 2.35. The molecule has 1 fully saturated rings. The third kappa shape index (κ3) is 5.04. The standard InChI is InChI=1S/C14H20FN3O3/c15-13-2-3-14(18(19)20)12(10-13)11-16-4-1-5-17-6-8-21-9-7-17/h2-3,10,16H,1,4-9,11H2. The van der Waals surface area contributed by atoms with Crippen molar-refractivity contribution in [1.82, 2.24) is 10.2 Å². The van der Waals surface area contributed by atoms with Crippen LogP contribution in [-0.4, -0.2) is 49.2 Å². The molecule has 116 valence electrons. The first-order valence-electron chi connectivity index (χ1n) is 7.10. The summed E-state index contributed by atoms with van der Waals surface area (Å²) < 4.78 is 18.4. The first kappa shape index (κ1) is 15.8. The molecule has 21 heavy (non-hydrogen) atoms. The van der Waals surface area contributed by atoms with Crippen molar-refractivity contribution < 1.29 is 14.1 Å². The average molecular weight is 297 g/mol. The molecule has 1 aromatic carbocycles. The number of halogens is 1. The summed E-state index contributed by atoms with van der Waals surface area (Å²) in [4.78, 5) is 12.7. The largest absolute Gasteiger partial charge is 0.379 e. The molecular weight excluding hydrogens is 277 g/mol. The number of hydrogen-bond donors (Lipinski definition) is 1. The van der Waals surface area contributed by atoms with Gasteiger partial charge in [0.05, 0.1) is 18.1 Å². The Morgan fingerprint density at radius 1 is 1.38 bits per heavy atom. The molecule has 0 aliphatic carbocycles. The lowest BCUT2D eigenvalue weighted by molar-refractivity contribution is -0.385. The SMILES string of the molecule is O=[N+]([O-])c1ccc(F)cc1CNCCCN1CCOCC1. The summed E-state index contributed by atoms with van der Waals surface area (Å²) in [7, 11) is 0. The highest BCUT2D eigenvalue weighted by Gasteiger charge is 2.14. The number of nitrogens with one attached hydrogen (secondary N) is 1. The Kier molecular flexibility index (Phi) is 6.04. The van der Waals surface area contributed by atoms with E-state index in [2.05, 4.69) is 10.2 Å². The van der Waals surface area contributed by atoms with Gasteiger partial charge in [-0.3, -0.25) is 15.0 Å². The predicted octanol–water partition coefficient (Wildman–Crippen LogP) is 1.55. The highest BCUT2D eigenvalue weighted by atomic mass is 19.1. The third-order valence-electron chi connectivity index (χ3n) is 3.49. The summed E-state index contributed by atoms with van der Waals surface area (Å²) in [5.74, 6) is -0.453. The van der Waals surface area contributed by atoms with Crippen LogP contribution in [0.4, 0.5) is 10.1 Å². The molecule has 0 bridgehead atoms. The van der Waals surface area contributed by atoms with Crippen molar-refractivity contribution in [3.63, 3.8) is 0 Å². The van der Waals surface area contributed by atoms with Gasteiger partial charge in [0.1, 0.15) is 5.82 Å². The minimum atomic E-state index is -0.482. The summed E-state index contributed by atoms with van der Waals surface area (Å²) in [6, 6.07) is 3.53. The van der Waals surface area contributed by atoms with Crippen molar-refractivity contribution in [1.29, 1.82) is 0 Å². The van der Waals surface area contributed by atoms with E-state index in [-0.39, 0.29) is 5.69 Å². The minimum Gasteiger partial charge on any atom is -0.379 e. The Labute approximate surface area is 123 Å². The molecule has 7 heteroatoms. The van der Waals surface area contributed by atoms with Crippen LogP contribution in [0, 0.1) is 15.9 Å². The van der Waals surface area contributed by atoms with E-state index in [9.17, 15) is 14.5 Å². The van der Waals surface area contributed by atoms with Gasteiger partial charge in [-0.05, 0) is 31.6 Å². The summed E-state index contributed by atoms with van der Waals surface area (Å²) in [5, 5.41) is 14.0. The van der Waals surface area contributed by atoms with Crippen LogP contribution in [-0.2, 0) is 11.3 Å². The van der Waals surface area contributed by atoms with Gasteiger partial charge in [-0.15, -0.1) is 0 Å². The Morgan fingerprint density at radius 3 is 2.86 bits per heavy atom. The smallest absolute Gasteiger partial charge is 0.274 e. The van der Waals surface area contributed by atoms with Gasteiger partial charge in [0.15, 0.2) is 0 Å². The molecule has 6 nitrogen and oxygen atoms in total. The minimum absolute atomic E-state index is 0.0444. The molecule has 0 saturated carbocycles. The Hall–Kier alpha value is -1.57. The zero-order valence-electron chi connectivity index (χ0n) is 11.9. The van der Waals surface area contributed by atoms with Crippen molar-refractivity contribution in [2.24, 2.45) is 0 Å². The van der Waals surface area contributed by atoms with Crippen molar-refractivity contribution >= 4 is 5.69 Å². The number of hydrogen-bond acceptors (Lipinski definition) is 5. The Morgan fingerprint density at radius 2 is 2.14 bits per heavy atom. The molecule has 0 spiro atoms. The van der Waals surface area contributed by atoms with E-state index in [1.165, 1.54) is 12.1 Å². The van der Waals surface area contributed by atoms with Gasteiger partial charge in [0.25, 0.3) is 5.69 Å². The van der Waals surface area contributed by atoms with Crippen LogP contribution in [0.1, 0.15) is 12.0 Å². The van der Waals surface area contributed by atoms with Gasteiger partial charge >= 0.3 is 0 Å². The zero-order chi connectivity index (χ0) is 15.1. The second-order valence-corrected chi connectivity index (χ2v) is 5.01. The van der Waals surface area contributed by atoms with Crippen molar-refractivity contribution in [3.8, 4) is 0 Å². The summed E-state index contributed by atoms with van der Waals surface area (Å²) >= 11 is 0. The first-order chi connectivity index (χ1) is 10.2. The molecule has 0 atom stereocenters. The number of nitro groups is 1. The highest BCUT2D eigenvalue weighted by Crippen LogP contribution is 2.19. The number of nitro benzene ring substituents is 1. The lowest BCUT2D eigenvalue weighted by Crippen LogP contribution is -2.37. The van der Waals surface area contributed by atoms with Crippen molar-refractivity contribution in [3.05, 3.63) is 39.7 Å². The van der Waals surface area contributed by atoms with Crippen molar-refractivity contribution in [2.45, 2.75) is 13.0 Å². The van der Waals surface area contributed by atoms with E-state index in [1.807, 2.05) is 0 Å². The number of rotatable bonds is 7. The monoisotopic (exact) mass is 297 g/mol. The Balaban J connectivity index is 1.73. The molecule has 0 aromatic heterocycles. The normalized spacial score (nSPS) is 16.0. The molecule has 0 unspecified atom stereocenters. The van der Waals surface area contributed by atoms with Gasteiger partial charge < -0.3 is 10.1 Å². The molecular formula is C14H20FN3O3. The van der Waals surface area contributed by atoms with Gasteiger partial charge in [-0.25, -0.2) is 4.39 Å². The van der Waals surface area contributed by atoms with Crippen LogP contribution in [0.5, 0.6) is 0 Å². The van der Waals surface area contributed by atoms with E-state index in [0.29, 0.717) is 12.1 Å². The fraction of sp³-hybridized carbons (Fsp3) is 0.571. The maximum atomic E-state index is 13.2. The maximum absolute atomic E-state index is 13.2. The zero-order valence-corrected chi connectivity index (χ0v) is 11.9. The number of nitrogens with zero attached hydrogens (tertiary/aromatic N) is 2. The fourth-order valence-corrected chi connectivity index (χ4v) is 2.35. The van der Waals surface area contributed by atoms with Crippen molar-refractivity contribution in [2.75, 3.05) is 39.4 Å². The molecule has 0 amide bonds. The molecule has 1 aromatic rings. The molecule has 2 rings (SSSR count). The second-order valence-electron chi connectivity index (χ2n) is 5.01. The second kappa shape index (κ2) is 8.02. The number of ether oxygens (including phenoxy) is 1. The van der Waals surface area contributed by atoms with Crippen LogP contribution in [0.3, 0.4) is 0 Å². The maximum Gasteiger partial charge on any atom is 0.274 e.